The van der Waals surface area contributed by atoms with Gasteiger partial charge in [0.25, 0.3) is 0 Å². The van der Waals surface area contributed by atoms with Gasteiger partial charge in [0.15, 0.2) is 23.1 Å². The Morgan fingerprint density at radius 3 is 1.85 bits per heavy atom. The lowest BCUT2D eigenvalue weighted by molar-refractivity contribution is 0.667. The summed E-state index contributed by atoms with van der Waals surface area (Å²) in [6, 6.07) is 48.1. The molecule has 0 fully saturated rings. The van der Waals surface area contributed by atoms with E-state index in [4.69, 9.17) is 19.4 Å². The first kappa shape index (κ1) is 26.5. The third kappa shape index (κ3) is 3.99. The molecule has 10 aromatic rings. The molecule has 0 amide bonds. The second-order valence-corrected chi connectivity index (χ2v) is 11.9. The highest BCUT2D eigenvalue weighted by Crippen LogP contribution is 2.39. The molecule has 0 aliphatic heterocycles. The van der Waals surface area contributed by atoms with Crippen molar-refractivity contribution in [3.63, 3.8) is 0 Å². The minimum Gasteiger partial charge on any atom is -0.454 e. The highest BCUT2D eigenvalue weighted by molar-refractivity contribution is 6.13. The van der Waals surface area contributed by atoms with Crippen LogP contribution in [0.25, 0.3) is 94.4 Å². The van der Waals surface area contributed by atoms with Crippen molar-refractivity contribution >= 4 is 54.5 Å². The van der Waals surface area contributed by atoms with Crippen LogP contribution >= 0.6 is 0 Å². The van der Waals surface area contributed by atoms with Gasteiger partial charge < -0.3 is 8.98 Å². The smallest absolute Gasteiger partial charge is 0.164 e. The van der Waals surface area contributed by atoms with Gasteiger partial charge >= 0.3 is 0 Å². The van der Waals surface area contributed by atoms with Crippen molar-refractivity contribution < 1.29 is 4.42 Å². The largest absolute Gasteiger partial charge is 0.454 e. The highest BCUT2D eigenvalue weighted by Gasteiger charge is 2.20. The third-order valence-electron chi connectivity index (χ3n) is 9.17. The van der Waals surface area contributed by atoms with Gasteiger partial charge in [0.05, 0.1) is 22.9 Å². The summed E-state index contributed by atoms with van der Waals surface area (Å²) >= 11 is 0. The Bertz CT molecular complexity index is 2800. The third-order valence-corrected chi connectivity index (χ3v) is 9.17. The SMILES string of the molecule is c1ccc(-c2nc(-c3ccc(-n4c5ccccc5c5ccccc54)c4ccccc34)nc(-c3cccc4oc5cnccc5c34)n2)cc1. The predicted molar refractivity (Wildman–Crippen MR) is 193 cm³/mol. The predicted octanol–water partition coefficient (Wildman–Crippen LogP) is 10.4. The second-order valence-electron chi connectivity index (χ2n) is 11.9. The maximum Gasteiger partial charge on any atom is 0.164 e. The fourth-order valence-corrected chi connectivity index (χ4v) is 7.06. The lowest BCUT2D eigenvalue weighted by Crippen LogP contribution is -2.02. The van der Waals surface area contributed by atoms with Crippen LogP contribution in [0.2, 0.25) is 0 Å². The van der Waals surface area contributed by atoms with Crippen molar-refractivity contribution in [2.45, 2.75) is 0 Å². The summed E-state index contributed by atoms with van der Waals surface area (Å²) in [5, 5.41) is 6.56. The average molecular weight is 616 g/mol. The Labute approximate surface area is 274 Å². The molecule has 0 radical (unpaired) electrons. The molecule has 0 N–H and O–H groups in total. The summed E-state index contributed by atoms with van der Waals surface area (Å²) in [5.74, 6) is 1.80. The number of hydrogen-bond acceptors (Lipinski definition) is 5. The number of hydrogen-bond donors (Lipinski definition) is 0. The summed E-state index contributed by atoms with van der Waals surface area (Å²) in [5.41, 5.74) is 7.66. The van der Waals surface area contributed by atoms with Gasteiger partial charge in [0, 0.05) is 49.8 Å². The first-order valence-electron chi connectivity index (χ1n) is 15.9. The standard InChI is InChI=1S/C42H25N5O/c1-2-11-26(12-3-1)40-44-41(46-42(45-40)33-17-10-20-37-39(33)32-23-24-43-25-38(32)48-37)31-21-22-36(28-14-5-4-13-27(28)31)47-34-18-8-6-15-29(34)30-16-7-9-19-35(30)47/h1-25H. The number of nitrogens with zero attached hydrogens (tertiary/aromatic N) is 5. The molecule has 0 bridgehead atoms. The zero-order chi connectivity index (χ0) is 31.6. The molecule has 0 atom stereocenters. The molecular weight excluding hydrogens is 590 g/mol. The minimum atomic E-state index is 0.583. The number of pyridine rings is 1. The van der Waals surface area contributed by atoms with Crippen LogP contribution in [-0.2, 0) is 0 Å². The van der Waals surface area contributed by atoms with Gasteiger partial charge in [-0.1, -0.05) is 103 Å². The Morgan fingerprint density at radius 1 is 0.438 bits per heavy atom. The van der Waals surface area contributed by atoms with Gasteiger partial charge in [-0.05, 0) is 41.8 Å². The van der Waals surface area contributed by atoms with Gasteiger partial charge in [0.2, 0.25) is 0 Å². The first-order valence-corrected chi connectivity index (χ1v) is 15.9. The molecule has 0 saturated carbocycles. The molecule has 0 unspecified atom stereocenters. The Hall–Kier alpha value is -6.66. The number of furan rings is 1. The zero-order valence-corrected chi connectivity index (χ0v) is 25.6. The maximum atomic E-state index is 6.18. The first-order chi connectivity index (χ1) is 23.8. The lowest BCUT2D eigenvalue weighted by Gasteiger charge is -2.15. The molecule has 6 aromatic carbocycles. The molecule has 6 nitrogen and oxygen atoms in total. The molecule has 4 heterocycles. The van der Waals surface area contributed by atoms with E-state index in [9.17, 15) is 0 Å². The van der Waals surface area contributed by atoms with E-state index in [1.165, 1.54) is 21.8 Å². The van der Waals surface area contributed by atoms with Crippen LogP contribution in [0.4, 0.5) is 0 Å². The number of fused-ring (bicyclic) bond motifs is 7. The van der Waals surface area contributed by atoms with E-state index in [0.717, 1.165) is 55.1 Å². The fourth-order valence-electron chi connectivity index (χ4n) is 7.06. The van der Waals surface area contributed by atoms with Gasteiger partial charge in [-0.3, -0.25) is 4.98 Å². The van der Waals surface area contributed by atoms with E-state index < -0.39 is 0 Å². The molecule has 0 spiro atoms. The molecule has 48 heavy (non-hydrogen) atoms. The van der Waals surface area contributed by atoms with Crippen molar-refractivity contribution in [2.24, 2.45) is 0 Å². The molecule has 6 heteroatoms. The van der Waals surface area contributed by atoms with Crippen molar-refractivity contribution in [2.75, 3.05) is 0 Å². The maximum absolute atomic E-state index is 6.18. The Kier molecular flexibility index (Phi) is 5.77. The van der Waals surface area contributed by atoms with E-state index in [2.05, 4.69) is 101 Å². The van der Waals surface area contributed by atoms with Crippen LogP contribution in [0.15, 0.2) is 156 Å². The number of aromatic nitrogens is 5. The van der Waals surface area contributed by atoms with Crippen LogP contribution in [0, 0.1) is 0 Å². The van der Waals surface area contributed by atoms with Gasteiger partial charge in [-0.25, -0.2) is 15.0 Å². The van der Waals surface area contributed by atoms with E-state index in [1.54, 1.807) is 12.4 Å². The van der Waals surface area contributed by atoms with E-state index in [0.29, 0.717) is 17.5 Å². The summed E-state index contributed by atoms with van der Waals surface area (Å²) in [4.78, 5) is 19.6. The van der Waals surface area contributed by atoms with E-state index in [-0.39, 0.29) is 0 Å². The molecule has 224 valence electrons. The van der Waals surface area contributed by atoms with Crippen LogP contribution in [-0.4, -0.2) is 24.5 Å². The number of benzene rings is 6. The van der Waals surface area contributed by atoms with Gasteiger partial charge in [-0.2, -0.15) is 0 Å². The second kappa shape index (κ2) is 10.4. The van der Waals surface area contributed by atoms with Crippen molar-refractivity contribution in [1.29, 1.82) is 0 Å². The summed E-state index contributed by atoms with van der Waals surface area (Å²) in [6.45, 7) is 0. The van der Waals surface area contributed by atoms with Gasteiger partial charge in [-0.15, -0.1) is 0 Å². The van der Waals surface area contributed by atoms with Crippen LogP contribution < -0.4 is 0 Å². The normalized spacial score (nSPS) is 11.8. The summed E-state index contributed by atoms with van der Waals surface area (Å²) in [7, 11) is 0. The lowest BCUT2D eigenvalue weighted by atomic mass is 10.0. The summed E-state index contributed by atoms with van der Waals surface area (Å²) in [6.07, 6.45) is 3.53. The Morgan fingerprint density at radius 2 is 1.08 bits per heavy atom. The fraction of sp³-hybridized carbons (Fsp3) is 0. The van der Waals surface area contributed by atoms with Crippen molar-refractivity contribution in [3.8, 4) is 39.9 Å². The van der Waals surface area contributed by atoms with Gasteiger partial charge in [0.1, 0.15) is 5.58 Å². The minimum absolute atomic E-state index is 0.583. The van der Waals surface area contributed by atoms with Crippen LogP contribution in [0.5, 0.6) is 0 Å². The van der Waals surface area contributed by atoms with Crippen molar-refractivity contribution in [1.82, 2.24) is 24.5 Å². The number of para-hydroxylation sites is 2. The highest BCUT2D eigenvalue weighted by atomic mass is 16.3. The Balaban J connectivity index is 1.25. The zero-order valence-electron chi connectivity index (χ0n) is 25.6. The molecular formula is C42H25N5O. The average Bonchev–Trinajstić information content (AvgIpc) is 3.71. The van der Waals surface area contributed by atoms with E-state index in [1.807, 2.05) is 48.5 Å². The van der Waals surface area contributed by atoms with E-state index >= 15 is 0 Å². The topological polar surface area (TPSA) is 69.6 Å². The molecule has 4 aromatic heterocycles. The monoisotopic (exact) mass is 615 g/mol. The molecule has 0 aliphatic carbocycles. The summed E-state index contributed by atoms with van der Waals surface area (Å²) < 4.78 is 8.54. The molecule has 10 rings (SSSR count). The van der Waals surface area contributed by atoms with Crippen LogP contribution in [0.3, 0.4) is 0 Å². The van der Waals surface area contributed by atoms with Crippen LogP contribution in [0.1, 0.15) is 0 Å². The molecule has 0 aliphatic rings. The molecule has 0 saturated heterocycles. The number of rotatable bonds is 4. The quantitative estimate of drug-likeness (QED) is 0.197. The van der Waals surface area contributed by atoms with Crippen molar-refractivity contribution in [3.05, 3.63) is 152 Å².